The number of carboxylic acids is 1. The number of aliphatic carboxylic acids is 1. The molecule has 0 fully saturated rings. The minimum absolute atomic E-state index is 0.349. The molecule has 92 valence electrons. The van der Waals surface area contributed by atoms with Gasteiger partial charge in [0.1, 0.15) is 5.56 Å². The van der Waals surface area contributed by atoms with Gasteiger partial charge in [-0.1, -0.05) is 0 Å². The number of aromatic nitrogens is 1. The number of hydrogen-bond acceptors (Lipinski definition) is 4. The van der Waals surface area contributed by atoms with Crippen LogP contribution in [0.25, 0.3) is 0 Å². The van der Waals surface area contributed by atoms with Gasteiger partial charge < -0.3 is 5.11 Å². The predicted octanol–water partition coefficient (Wildman–Crippen LogP) is 1.69. The summed E-state index contributed by atoms with van der Waals surface area (Å²) in [5.41, 5.74) is -3.45. The van der Waals surface area contributed by atoms with Crippen molar-refractivity contribution in [2.45, 2.75) is 12.8 Å². The maximum absolute atomic E-state index is 13.0. The number of pyridine rings is 1. The molecule has 0 radical (unpaired) electrons. The summed E-state index contributed by atoms with van der Waals surface area (Å²) in [5.74, 6) is -3.03. The second kappa shape index (κ2) is 4.76. The first-order valence-corrected chi connectivity index (χ1v) is 4.16. The first kappa shape index (κ1) is 12.9. The van der Waals surface area contributed by atoms with Crippen molar-refractivity contribution in [1.82, 2.24) is 4.98 Å². The van der Waals surface area contributed by atoms with Crippen LogP contribution >= 0.6 is 0 Å². The zero-order valence-electron chi connectivity index (χ0n) is 8.06. The molecule has 0 saturated carbocycles. The fourth-order valence-electron chi connectivity index (χ4n) is 1.23. The molecule has 9 heteroatoms. The third-order valence-electron chi connectivity index (χ3n) is 1.85. The smallest absolute Gasteiger partial charge is 0.317 e. The molecule has 0 atom stereocenters. The molecule has 0 aromatic carbocycles. The lowest BCUT2D eigenvalue weighted by atomic mass is 10.1. The van der Waals surface area contributed by atoms with Crippen molar-refractivity contribution in [3.8, 4) is 0 Å². The average molecular weight is 250 g/mol. The Labute approximate surface area is 91.9 Å². The van der Waals surface area contributed by atoms with Crippen LogP contribution < -0.4 is 0 Å². The quantitative estimate of drug-likeness (QED) is 0.648. The number of carboxylic acid groups (broad SMARTS) is 1. The van der Waals surface area contributed by atoms with Crippen LogP contribution in [0, 0.1) is 15.9 Å². The molecule has 0 spiro atoms. The summed E-state index contributed by atoms with van der Waals surface area (Å²) in [7, 11) is 0. The third-order valence-corrected chi connectivity index (χ3v) is 1.85. The number of alkyl halides is 2. The highest BCUT2D eigenvalue weighted by Gasteiger charge is 2.31. The van der Waals surface area contributed by atoms with Gasteiger partial charge in [-0.05, 0) is 0 Å². The van der Waals surface area contributed by atoms with Gasteiger partial charge in [-0.2, -0.15) is 4.39 Å². The first-order valence-electron chi connectivity index (χ1n) is 4.16. The van der Waals surface area contributed by atoms with Crippen LogP contribution in [0.5, 0.6) is 0 Å². The summed E-state index contributed by atoms with van der Waals surface area (Å²) in [4.78, 5) is 22.6. The van der Waals surface area contributed by atoms with Crippen LogP contribution in [-0.2, 0) is 11.2 Å². The molecule has 1 aromatic rings. The van der Waals surface area contributed by atoms with Crippen molar-refractivity contribution in [3.63, 3.8) is 0 Å². The normalized spacial score (nSPS) is 10.6. The van der Waals surface area contributed by atoms with Crippen LogP contribution in [0.1, 0.15) is 17.7 Å². The Morgan fingerprint density at radius 1 is 1.59 bits per heavy atom. The SMILES string of the molecule is O=C(O)Cc1ncc(F)c([N+](=O)[O-])c1C(F)F. The maximum atomic E-state index is 13.0. The molecule has 1 rings (SSSR count). The Hall–Kier alpha value is -2.19. The second-order valence-corrected chi connectivity index (χ2v) is 2.94. The highest BCUT2D eigenvalue weighted by molar-refractivity contribution is 5.70. The van der Waals surface area contributed by atoms with Gasteiger partial charge in [-0.15, -0.1) is 0 Å². The summed E-state index contributed by atoms with van der Waals surface area (Å²) in [6, 6.07) is 0. The fraction of sp³-hybridized carbons (Fsp3) is 0.250. The van der Waals surface area contributed by atoms with E-state index in [1.54, 1.807) is 0 Å². The number of carbonyl (C=O) groups is 1. The zero-order valence-corrected chi connectivity index (χ0v) is 8.06. The van der Waals surface area contributed by atoms with E-state index in [-0.39, 0.29) is 0 Å². The maximum Gasteiger partial charge on any atom is 0.317 e. The summed E-state index contributed by atoms with van der Waals surface area (Å²) < 4.78 is 38.1. The van der Waals surface area contributed by atoms with Gasteiger partial charge in [0.2, 0.25) is 5.82 Å². The standard InChI is InChI=1S/C8H5F3N2O4/c9-3-2-12-4(1-5(14)15)6(8(10)11)7(3)13(16)17/h2,8H,1H2,(H,14,15). The predicted molar refractivity (Wildman–Crippen MR) is 47.1 cm³/mol. The largest absolute Gasteiger partial charge is 0.481 e. The molecule has 0 aliphatic heterocycles. The second-order valence-electron chi connectivity index (χ2n) is 2.94. The van der Waals surface area contributed by atoms with Crippen molar-refractivity contribution >= 4 is 11.7 Å². The number of nitrogens with zero attached hydrogens (tertiary/aromatic N) is 2. The Morgan fingerprint density at radius 2 is 2.18 bits per heavy atom. The molecule has 6 nitrogen and oxygen atoms in total. The molecule has 1 aromatic heterocycles. The Kier molecular flexibility index (Phi) is 3.61. The van der Waals surface area contributed by atoms with Gasteiger partial charge in [0.05, 0.1) is 23.2 Å². The van der Waals surface area contributed by atoms with Gasteiger partial charge in [0.25, 0.3) is 6.43 Å². The molecule has 0 amide bonds. The number of halogens is 3. The fourth-order valence-corrected chi connectivity index (χ4v) is 1.23. The molecule has 1 heterocycles. The van der Waals surface area contributed by atoms with E-state index in [1.807, 2.05) is 0 Å². The van der Waals surface area contributed by atoms with Crippen LogP contribution in [0.2, 0.25) is 0 Å². The van der Waals surface area contributed by atoms with Crippen molar-refractivity contribution in [2.24, 2.45) is 0 Å². The average Bonchev–Trinajstić information content (AvgIpc) is 2.18. The van der Waals surface area contributed by atoms with Gasteiger partial charge >= 0.3 is 11.7 Å². The van der Waals surface area contributed by atoms with Gasteiger partial charge in [-0.3, -0.25) is 19.9 Å². The molecule has 17 heavy (non-hydrogen) atoms. The van der Waals surface area contributed by atoms with E-state index in [2.05, 4.69) is 4.98 Å². The summed E-state index contributed by atoms with van der Waals surface area (Å²) in [6.07, 6.45) is -3.98. The molecular weight excluding hydrogens is 245 g/mol. The molecule has 0 aliphatic rings. The van der Waals surface area contributed by atoms with E-state index in [0.717, 1.165) is 0 Å². The lowest BCUT2D eigenvalue weighted by Crippen LogP contribution is -2.10. The molecule has 0 aliphatic carbocycles. The molecule has 1 N–H and O–H groups in total. The van der Waals surface area contributed by atoms with Crippen LogP contribution in [0.4, 0.5) is 18.9 Å². The van der Waals surface area contributed by atoms with Gasteiger partial charge in [0, 0.05) is 0 Å². The highest BCUT2D eigenvalue weighted by Crippen LogP contribution is 2.33. The molecule has 0 bridgehead atoms. The first-order chi connectivity index (χ1) is 7.84. The van der Waals surface area contributed by atoms with Crippen LogP contribution in [0.15, 0.2) is 6.20 Å². The van der Waals surface area contributed by atoms with E-state index in [9.17, 15) is 28.1 Å². The summed E-state index contributed by atoms with van der Waals surface area (Å²) in [5, 5.41) is 18.9. The third kappa shape index (κ3) is 2.68. The van der Waals surface area contributed by atoms with Crippen LogP contribution in [-0.4, -0.2) is 21.0 Å². The summed E-state index contributed by atoms with van der Waals surface area (Å²) in [6.45, 7) is 0. The monoisotopic (exact) mass is 250 g/mol. The van der Waals surface area contributed by atoms with E-state index in [0.29, 0.717) is 6.20 Å². The highest BCUT2D eigenvalue weighted by atomic mass is 19.3. The van der Waals surface area contributed by atoms with Crippen molar-refractivity contribution < 1.29 is 28.0 Å². The van der Waals surface area contributed by atoms with E-state index >= 15 is 0 Å². The Morgan fingerprint density at radius 3 is 2.59 bits per heavy atom. The Balaban J connectivity index is 3.47. The van der Waals surface area contributed by atoms with E-state index < -0.39 is 46.5 Å². The number of hydrogen-bond donors (Lipinski definition) is 1. The number of rotatable bonds is 4. The lowest BCUT2D eigenvalue weighted by molar-refractivity contribution is -0.389. The lowest BCUT2D eigenvalue weighted by Gasteiger charge is -2.07. The number of nitro groups is 1. The Bertz CT molecular complexity index is 478. The van der Waals surface area contributed by atoms with Crippen molar-refractivity contribution in [1.29, 1.82) is 0 Å². The van der Waals surface area contributed by atoms with E-state index in [4.69, 9.17) is 5.11 Å². The van der Waals surface area contributed by atoms with Gasteiger partial charge in [0.15, 0.2) is 0 Å². The van der Waals surface area contributed by atoms with Gasteiger partial charge in [-0.25, -0.2) is 8.78 Å². The van der Waals surface area contributed by atoms with Crippen LogP contribution in [0.3, 0.4) is 0 Å². The zero-order chi connectivity index (χ0) is 13.2. The summed E-state index contributed by atoms with van der Waals surface area (Å²) >= 11 is 0. The molecule has 0 unspecified atom stereocenters. The molecule has 0 saturated heterocycles. The minimum Gasteiger partial charge on any atom is -0.481 e. The van der Waals surface area contributed by atoms with Crippen molar-refractivity contribution in [3.05, 3.63) is 33.4 Å². The minimum atomic E-state index is -3.38. The van der Waals surface area contributed by atoms with E-state index in [1.165, 1.54) is 0 Å². The van der Waals surface area contributed by atoms with Crippen molar-refractivity contribution in [2.75, 3.05) is 0 Å². The molecular formula is C8H5F3N2O4. The topological polar surface area (TPSA) is 93.3 Å².